The third kappa shape index (κ3) is 19.1. The molecule has 0 aromatic heterocycles. The lowest BCUT2D eigenvalue weighted by atomic mass is 9.79. The van der Waals surface area contributed by atoms with Gasteiger partial charge in [0, 0.05) is 72.7 Å². The largest absolute Gasteiger partial charge is 0.493 e. The van der Waals surface area contributed by atoms with Crippen LogP contribution in [0.5, 0.6) is 69.0 Å². The summed E-state index contributed by atoms with van der Waals surface area (Å²) in [5, 5.41) is 12.0. The van der Waals surface area contributed by atoms with Gasteiger partial charge in [0.1, 0.15) is 23.0 Å². The van der Waals surface area contributed by atoms with Gasteiger partial charge < -0.3 is 78.1 Å². The first-order valence-electron chi connectivity index (χ1n) is 34.5. The lowest BCUT2D eigenvalue weighted by molar-refractivity contribution is -0.118. The maximum absolute atomic E-state index is 14.5. The number of anilines is 4. The Balaban J connectivity index is 1.32. The van der Waals surface area contributed by atoms with Crippen molar-refractivity contribution in [2.75, 3.05) is 105 Å². The molecule has 0 heterocycles. The Morgan fingerprint density at radius 3 is 0.567 bits per heavy atom. The van der Waals surface area contributed by atoms with E-state index in [4.69, 9.17) is 56.8 Å². The standard InChI is InChI=1S/C84H100N4O16/c1-81(2,3)57-33-49-29-51-35-58(82(4,5)6)37-53(78(51)102-46-74(90)86-62-22-26-66(94-14)70(42-62)98-18)31-55-39-60(84(10,11)12)40-56(80(55)104-48-76(92)88-64-24-28-68(96-16)72(44-64)100-20)32-54-38-59(83(7,8)9)36-52(79(54)103-47-75(91)87-63-23-27-67(95-15)71(43-63)99-19)30-50(34-57)77(49)101-45-73(89)85-61-21-25-65(93-13)69(41-61)97-17/h21-28,33-44H,29-32,45-48H2,1-20H3,(H,85,89)(H,86,90)(H,87,91)(H,88,92). The fraction of sp³-hybridized carbons (Fsp3) is 0.381. The first kappa shape index (κ1) is 77.4. The molecule has 0 saturated carbocycles. The molecule has 0 aliphatic heterocycles. The lowest BCUT2D eigenvalue weighted by Crippen LogP contribution is -2.23. The molecular weight excluding hydrogens is 1320 g/mol. The van der Waals surface area contributed by atoms with Gasteiger partial charge >= 0.3 is 0 Å². The molecule has 20 heteroatoms. The van der Waals surface area contributed by atoms with Gasteiger partial charge in [-0.2, -0.15) is 0 Å². The van der Waals surface area contributed by atoms with E-state index >= 15 is 0 Å². The van der Waals surface area contributed by atoms with Crippen LogP contribution in [0.25, 0.3) is 0 Å². The van der Waals surface area contributed by atoms with Crippen molar-refractivity contribution >= 4 is 46.4 Å². The molecule has 0 fully saturated rings. The van der Waals surface area contributed by atoms with Crippen LogP contribution in [0, 0.1) is 0 Å². The van der Waals surface area contributed by atoms with Gasteiger partial charge in [-0.3, -0.25) is 19.2 Å². The van der Waals surface area contributed by atoms with Crippen LogP contribution in [-0.4, -0.2) is 107 Å². The summed E-state index contributed by atoms with van der Waals surface area (Å²) in [7, 11) is 12.3. The SMILES string of the molecule is COc1ccc(NC(=O)COc2c3cc(C(C)(C)C)cc2Cc2cc(C(C)(C)C)cc(c2OCC(=O)Nc2ccc(OC)c(OC)c2)Cc2cc(C(C)(C)C)cc(c2OCC(=O)Nc2ccc(OC)c(OC)c2)Cc2cc(C(C)(C)C)cc(c2OCC(=O)Nc2ccc(OC)c(OC)c2)C3)cc1OC. The topological polar surface area (TPSA) is 227 Å². The fourth-order valence-electron chi connectivity index (χ4n) is 12.4. The highest BCUT2D eigenvalue weighted by molar-refractivity contribution is 5.94. The summed E-state index contributed by atoms with van der Waals surface area (Å²) in [6.07, 6.45) is 0.639. The van der Waals surface area contributed by atoms with Crippen LogP contribution in [0.15, 0.2) is 121 Å². The molecule has 104 heavy (non-hydrogen) atoms. The van der Waals surface area contributed by atoms with Crippen LogP contribution in [0.1, 0.15) is 150 Å². The molecular formula is C84H100N4O16. The molecule has 8 aromatic carbocycles. The van der Waals surface area contributed by atoms with E-state index in [1.54, 1.807) is 101 Å². The van der Waals surface area contributed by atoms with E-state index in [0.717, 1.165) is 22.3 Å². The number of ether oxygens (including phenoxy) is 12. The molecule has 0 radical (unpaired) electrons. The van der Waals surface area contributed by atoms with E-state index in [1.165, 1.54) is 28.4 Å². The molecule has 0 atom stereocenters. The summed E-state index contributed by atoms with van der Waals surface area (Å²) in [5.74, 6) is 3.56. The quantitative estimate of drug-likeness (QED) is 0.0441. The molecule has 20 nitrogen and oxygen atoms in total. The molecule has 8 aromatic rings. The second kappa shape index (κ2) is 32.7. The second-order valence-corrected chi connectivity index (χ2v) is 29.8. The van der Waals surface area contributed by atoms with Crippen molar-refractivity contribution in [3.8, 4) is 69.0 Å². The van der Waals surface area contributed by atoms with Crippen molar-refractivity contribution in [3.63, 3.8) is 0 Å². The summed E-state index contributed by atoms with van der Waals surface area (Å²) < 4.78 is 72.7. The first-order valence-corrected chi connectivity index (χ1v) is 34.5. The maximum atomic E-state index is 14.5. The monoisotopic (exact) mass is 1420 g/mol. The van der Waals surface area contributed by atoms with Crippen LogP contribution in [0.4, 0.5) is 22.7 Å². The van der Waals surface area contributed by atoms with Crippen LogP contribution >= 0.6 is 0 Å². The number of benzene rings is 8. The molecule has 0 saturated heterocycles. The van der Waals surface area contributed by atoms with Gasteiger partial charge in [0.25, 0.3) is 23.6 Å². The van der Waals surface area contributed by atoms with E-state index in [9.17, 15) is 19.2 Å². The summed E-state index contributed by atoms with van der Waals surface area (Å²) in [6, 6.07) is 37.4. The van der Waals surface area contributed by atoms with Crippen molar-refractivity contribution in [3.05, 3.63) is 188 Å². The minimum atomic E-state index is -0.462. The van der Waals surface area contributed by atoms with E-state index in [0.29, 0.717) is 136 Å². The van der Waals surface area contributed by atoms with Gasteiger partial charge in [0.15, 0.2) is 72.4 Å². The Labute approximate surface area is 611 Å². The van der Waals surface area contributed by atoms with Gasteiger partial charge in [-0.25, -0.2) is 0 Å². The Morgan fingerprint density at radius 2 is 0.423 bits per heavy atom. The minimum Gasteiger partial charge on any atom is -0.493 e. The fourth-order valence-corrected chi connectivity index (χ4v) is 12.4. The number of hydrogen-bond acceptors (Lipinski definition) is 16. The van der Waals surface area contributed by atoms with E-state index in [-0.39, 0.29) is 25.7 Å². The number of rotatable bonds is 24. The van der Waals surface area contributed by atoms with Crippen molar-refractivity contribution in [1.29, 1.82) is 0 Å². The third-order valence-electron chi connectivity index (χ3n) is 18.0. The Hall–Kier alpha value is -10.8. The molecule has 9 rings (SSSR count). The summed E-state index contributed by atoms with van der Waals surface area (Å²) in [6.45, 7) is 24.0. The average Bonchev–Trinajstić information content (AvgIpc) is 0.731. The summed E-state index contributed by atoms with van der Waals surface area (Å²) >= 11 is 0. The first-order chi connectivity index (χ1) is 49.2. The van der Waals surface area contributed by atoms with Gasteiger partial charge in [-0.1, -0.05) is 132 Å². The zero-order chi connectivity index (χ0) is 75.6. The van der Waals surface area contributed by atoms with Crippen molar-refractivity contribution in [1.82, 2.24) is 0 Å². The van der Waals surface area contributed by atoms with Gasteiger partial charge in [0.2, 0.25) is 0 Å². The number of nitrogens with one attached hydrogen (secondary N) is 4. The third-order valence-corrected chi connectivity index (χ3v) is 18.0. The second-order valence-electron chi connectivity index (χ2n) is 29.8. The summed E-state index contributed by atoms with van der Waals surface area (Å²) in [5.41, 5.74) is 9.49. The van der Waals surface area contributed by atoms with Crippen LogP contribution in [0.2, 0.25) is 0 Å². The number of carbonyl (C=O) groups excluding carboxylic acids is 4. The highest BCUT2D eigenvalue weighted by atomic mass is 16.5. The van der Waals surface area contributed by atoms with Crippen molar-refractivity contribution < 1.29 is 76.0 Å². The minimum absolute atomic E-state index is 0.160. The molecule has 1 aliphatic rings. The van der Waals surface area contributed by atoms with Crippen LogP contribution < -0.4 is 78.1 Å². The lowest BCUT2D eigenvalue weighted by Gasteiger charge is -2.29. The number of hydrogen-bond donors (Lipinski definition) is 4. The zero-order valence-corrected chi connectivity index (χ0v) is 63.7. The average molecular weight is 1420 g/mol. The van der Waals surface area contributed by atoms with Gasteiger partial charge in [-0.05, 0) is 137 Å². The molecule has 0 spiro atoms. The molecule has 4 N–H and O–H groups in total. The summed E-state index contributed by atoms with van der Waals surface area (Å²) in [4.78, 5) is 58.2. The normalized spacial score (nSPS) is 12.2. The highest BCUT2D eigenvalue weighted by Crippen LogP contribution is 2.46. The van der Waals surface area contributed by atoms with E-state index in [2.05, 4.69) is 153 Å². The molecule has 4 amide bonds. The number of carbonyl (C=O) groups is 4. The molecule has 0 unspecified atom stereocenters. The number of fused-ring (bicyclic) bond motifs is 8. The number of amides is 4. The molecule has 8 bridgehead atoms. The Morgan fingerprint density at radius 1 is 0.260 bits per heavy atom. The van der Waals surface area contributed by atoms with Crippen LogP contribution in [-0.2, 0) is 66.5 Å². The highest BCUT2D eigenvalue weighted by Gasteiger charge is 2.31. The number of methoxy groups -OCH3 is 8. The zero-order valence-electron chi connectivity index (χ0n) is 63.7. The Kier molecular flexibility index (Phi) is 24.3. The smallest absolute Gasteiger partial charge is 0.262 e. The van der Waals surface area contributed by atoms with Crippen LogP contribution in [0.3, 0.4) is 0 Å². The predicted octanol–water partition coefficient (Wildman–Crippen LogP) is 15.7. The van der Waals surface area contributed by atoms with E-state index in [1.807, 2.05) is 0 Å². The van der Waals surface area contributed by atoms with E-state index < -0.39 is 71.7 Å². The Bertz CT molecular complexity index is 3820. The molecule has 1 aliphatic carbocycles. The molecule has 552 valence electrons. The van der Waals surface area contributed by atoms with Crippen molar-refractivity contribution in [2.24, 2.45) is 0 Å². The predicted molar refractivity (Wildman–Crippen MR) is 406 cm³/mol. The van der Waals surface area contributed by atoms with Crippen molar-refractivity contribution in [2.45, 2.75) is 130 Å². The van der Waals surface area contributed by atoms with Gasteiger partial charge in [0.05, 0.1) is 56.9 Å². The van der Waals surface area contributed by atoms with Gasteiger partial charge in [-0.15, -0.1) is 0 Å². The maximum Gasteiger partial charge on any atom is 0.262 e.